The third kappa shape index (κ3) is 9.34. The van der Waals surface area contributed by atoms with Crippen LogP contribution in [0.2, 0.25) is 0 Å². The monoisotopic (exact) mass is 108 g/mol. The van der Waals surface area contributed by atoms with Crippen molar-refractivity contribution in [2.75, 3.05) is 0 Å². The first-order valence-corrected chi connectivity index (χ1v) is 0.812. The molecule has 0 aromatic heterocycles. The van der Waals surface area contributed by atoms with E-state index in [0.717, 1.165) is 5.59 Å². The molecule has 5 nitrogen and oxygen atoms in total. The maximum atomic E-state index is 8.81. The summed E-state index contributed by atoms with van der Waals surface area (Å²) >= 11 is 0. The third-order valence-corrected chi connectivity index (χ3v) is 0.0816. The van der Waals surface area contributed by atoms with Crippen LogP contribution in [0.3, 0.4) is 0 Å². The fraction of sp³-hybridized carbons (Fsp3) is 0. The van der Waals surface area contributed by atoms with Crippen LogP contribution in [-0.4, -0.2) is 27.6 Å². The molecule has 0 aromatic carbocycles. The van der Waals surface area contributed by atoms with Crippen molar-refractivity contribution in [3.63, 3.8) is 0 Å². The van der Waals surface area contributed by atoms with E-state index in [1.54, 1.807) is 0 Å². The predicted octanol–water partition coefficient (Wildman–Crippen LogP) is -2.03. The molecule has 0 fully saturated rings. The molecule has 0 bridgehead atoms. The first-order chi connectivity index (χ1) is 2.27. The normalized spacial score (nSPS) is 5.50. The van der Waals surface area contributed by atoms with Crippen LogP contribution in [0.25, 0.3) is 0 Å². The summed E-state index contributed by atoms with van der Waals surface area (Å²) in [6.07, 6.45) is 0. The van der Waals surface area contributed by atoms with E-state index in [0.29, 0.717) is 0 Å². The van der Waals surface area contributed by atoms with Crippen LogP contribution in [0.1, 0.15) is 0 Å². The van der Waals surface area contributed by atoms with Gasteiger partial charge in [0.05, 0.1) is 0 Å². The zero-order valence-electron chi connectivity index (χ0n) is 2.21. The van der Waals surface area contributed by atoms with Gasteiger partial charge >= 0.3 is 0 Å². The summed E-state index contributed by atoms with van der Waals surface area (Å²) < 4.78 is 0. The van der Waals surface area contributed by atoms with Crippen LogP contribution in [-0.2, 0) is 0 Å². The minimum absolute atomic E-state index is 0. The van der Waals surface area contributed by atoms with E-state index in [4.69, 9.17) is 15.3 Å². The molecule has 2 N–H and O–H groups in total. The molecule has 0 spiro atoms. The van der Waals surface area contributed by atoms with E-state index in [2.05, 4.69) is 0 Å². The molecule has 6 heavy (non-hydrogen) atoms. The average molecular weight is 108 g/mol. The van der Waals surface area contributed by atoms with Gasteiger partial charge in [-0.3, -0.25) is 0 Å². The van der Waals surface area contributed by atoms with E-state index in [-0.39, 0.29) is 17.4 Å². The van der Waals surface area contributed by atoms with Crippen molar-refractivity contribution in [3.8, 4) is 0 Å². The van der Waals surface area contributed by atoms with Gasteiger partial charge in [-0.2, -0.15) is 0 Å². The van der Waals surface area contributed by atoms with Crippen LogP contribution < -0.4 is 5.59 Å². The molecule has 0 heterocycles. The molecular weight excluding hydrogens is 103 g/mol. The number of nitrogens with zero attached hydrogens (tertiary/aromatic N) is 1. The summed E-state index contributed by atoms with van der Waals surface area (Å²) in [4.78, 5) is 8.81. The zero-order chi connectivity index (χ0) is 4.28. The number of rotatable bonds is 1. The highest BCUT2D eigenvalue weighted by Gasteiger charge is 1.75. The summed E-state index contributed by atoms with van der Waals surface area (Å²) in [5, 5.41) is 14.9. The summed E-state index contributed by atoms with van der Waals surface area (Å²) in [5.41, 5.74) is 0.750. The standard InChI is InChI=1S/Al.H2N2O3.3H/c;3-1-2(4)5;;;/h;1,3H;;;. The highest BCUT2D eigenvalue weighted by atomic mass is 27.0. The van der Waals surface area contributed by atoms with Gasteiger partial charge in [-0.15, -0.1) is 0 Å². The lowest BCUT2D eigenvalue weighted by molar-refractivity contribution is -0.600. The van der Waals surface area contributed by atoms with Gasteiger partial charge in [-0.05, 0) is 5.59 Å². The van der Waals surface area contributed by atoms with E-state index in [1.807, 2.05) is 0 Å². The molecule has 0 amide bonds. The maximum Gasteiger partial charge on any atom is 0.187 e. The summed E-state index contributed by atoms with van der Waals surface area (Å²) in [6, 6.07) is 0. The predicted molar refractivity (Wildman–Crippen MR) is 21.9 cm³/mol. The molecule has 0 atom stereocenters. The Morgan fingerprint density at radius 1 is 1.83 bits per heavy atom. The molecule has 36 valence electrons. The van der Waals surface area contributed by atoms with Crippen molar-refractivity contribution in [2.24, 2.45) is 0 Å². The summed E-state index contributed by atoms with van der Waals surface area (Å²) in [7, 11) is 0. The second-order valence-corrected chi connectivity index (χ2v) is 0.357. The van der Waals surface area contributed by atoms with Crippen LogP contribution in [0, 0.1) is 10.1 Å². The number of nitrogens with one attached hydrogen (secondary N) is 1. The average Bonchev–Trinajstić information content (AvgIpc) is 1.38. The van der Waals surface area contributed by atoms with Gasteiger partial charge in [0.1, 0.15) is 0 Å². The Labute approximate surface area is 44.2 Å². The highest BCUT2D eigenvalue weighted by Crippen LogP contribution is 1.41. The second kappa shape index (κ2) is 4.69. The van der Waals surface area contributed by atoms with E-state index in [9.17, 15) is 0 Å². The first-order valence-electron chi connectivity index (χ1n) is 0.812. The van der Waals surface area contributed by atoms with Crippen molar-refractivity contribution < 1.29 is 10.2 Å². The van der Waals surface area contributed by atoms with Gasteiger partial charge in [0.25, 0.3) is 0 Å². The lowest BCUT2D eigenvalue weighted by atomic mass is 12.6. The lowest BCUT2D eigenvalue weighted by Crippen LogP contribution is -2.14. The Balaban J connectivity index is 0. The SMILES string of the molecule is O=[N+]([O-])NO.[AlH3]. The van der Waals surface area contributed by atoms with Crippen molar-refractivity contribution >= 4 is 17.4 Å². The van der Waals surface area contributed by atoms with Gasteiger partial charge < -0.3 is 0 Å². The molecular formula is H5AlN2O3. The van der Waals surface area contributed by atoms with Crippen molar-refractivity contribution in [3.05, 3.63) is 10.1 Å². The van der Waals surface area contributed by atoms with Gasteiger partial charge in [-0.25, -0.2) is 15.3 Å². The van der Waals surface area contributed by atoms with Crippen LogP contribution >= 0.6 is 0 Å². The maximum absolute atomic E-state index is 8.81. The Bertz CT molecular complexity index is 44.1. The Hall–Kier alpha value is -0.308. The van der Waals surface area contributed by atoms with Crippen LogP contribution in [0.4, 0.5) is 0 Å². The van der Waals surface area contributed by atoms with E-state index in [1.165, 1.54) is 0 Å². The Morgan fingerprint density at radius 3 is 2.00 bits per heavy atom. The number of hydrogen-bond acceptors (Lipinski definition) is 3. The number of hydrogen-bond donors (Lipinski definition) is 2. The Morgan fingerprint density at radius 2 is 2.00 bits per heavy atom. The molecule has 0 unspecified atom stereocenters. The minimum Gasteiger partial charge on any atom is -0.239 e. The van der Waals surface area contributed by atoms with E-state index >= 15 is 0 Å². The van der Waals surface area contributed by atoms with Crippen LogP contribution in [0.15, 0.2) is 0 Å². The molecule has 0 saturated heterocycles. The molecule has 0 aliphatic rings. The Kier molecular flexibility index (Phi) is 7.19. The quantitative estimate of drug-likeness (QED) is 0.231. The smallest absolute Gasteiger partial charge is 0.187 e. The molecule has 6 heteroatoms. The zero-order valence-corrected chi connectivity index (χ0v) is 2.21. The second-order valence-electron chi connectivity index (χ2n) is 0.357. The largest absolute Gasteiger partial charge is 0.239 e. The molecule has 0 aliphatic carbocycles. The molecule has 0 saturated carbocycles. The molecule has 0 rings (SSSR count). The first kappa shape index (κ1) is 9.19. The van der Waals surface area contributed by atoms with Gasteiger partial charge in [0.15, 0.2) is 22.4 Å². The number of nitro groups is 1. The van der Waals surface area contributed by atoms with Crippen molar-refractivity contribution in [1.82, 2.24) is 5.59 Å². The third-order valence-electron chi connectivity index (χ3n) is 0.0816. The fourth-order valence-electron chi connectivity index (χ4n) is 0. The summed E-state index contributed by atoms with van der Waals surface area (Å²) in [5.74, 6) is 0. The van der Waals surface area contributed by atoms with Gasteiger partial charge in [-0.1, -0.05) is 0 Å². The summed E-state index contributed by atoms with van der Waals surface area (Å²) in [6.45, 7) is 0. The van der Waals surface area contributed by atoms with Crippen LogP contribution in [0.5, 0.6) is 0 Å². The topological polar surface area (TPSA) is 75.4 Å². The van der Waals surface area contributed by atoms with Crippen molar-refractivity contribution in [1.29, 1.82) is 0 Å². The minimum atomic E-state index is -1.07. The molecule has 0 radical (unpaired) electrons. The highest BCUT2D eigenvalue weighted by molar-refractivity contribution is 5.75. The van der Waals surface area contributed by atoms with Gasteiger partial charge in [0, 0.05) is 0 Å². The van der Waals surface area contributed by atoms with Crippen molar-refractivity contribution in [2.45, 2.75) is 0 Å². The number of hydrazine groups is 1. The fourth-order valence-corrected chi connectivity index (χ4v) is 0. The molecule has 0 aromatic rings. The van der Waals surface area contributed by atoms with E-state index < -0.39 is 5.03 Å². The lowest BCUT2D eigenvalue weighted by Gasteiger charge is -1.74. The van der Waals surface area contributed by atoms with Gasteiger partial charge in [0.2, 0.25) is 0 Å². The molecule has 0 aliphatic heterocycles.